The first kappa shape index (κ1) is 38.0. The van der Waals surface area contributed by atoms with Gasteiger partial charge in [-0.15, -0.1) is 0 Å². The highest BCUT2D eigenvalue weighted by atomic mass is 16.2. The zero-order valence-electron chi connectivity index (χ0n) is 33.2. The van der Waals surface area contributed by atoms with Gasteiger partial charge in [-0.3, -0.25) is 43.7 Å². The molecule has 0 radical (unpaired) electrons. The van der Waals surface area contributed by atoms with Gasteiger partial charge in [0.1, 0.15) is 17.5 Å². The van der Waals surface area contributed by atoms with Crippen molar-refractivity contribution in [3.05, 3.63) is 80.9 Å². The van der Waals surface area contributed by atoms with Gasteiger partial charge < -0.3 is 15.1 Å². The summed E-state index contributed by atoms with van der Waals surface area (Å²) in [5, 5.41) is 6.33. The van der Waals surface area contributed by atoms with Crippen LogP contribution in [-0.2, 0) is 22.7 Å². The smallest absolute Gasteiger partial charge is 0.263 e. The van der Waals surface area contributed by atoms with Crippen LogP contribution in [0.2, 0.25) is 0 Å². The van der Waals surface area contributed by atoms with Gasteiger partial charge in [-0.05, 0) is 80.8 Å². The number of carbonyl (C=O) groups is 4. The Morgan fingerprint density at radius 2 is 1.66 bits per heavy atom. The molecule has 4 fully saturated rings. The fraction of sp³-hybridized carbons (Fsp3) is 0.488. The van der Waals surface area contributed by atoms with E-state index in [0.29, 0.717) is 52.9 Å². The number of fused-ring (bicyclic) bond motifs is 2. The van der Waals surface area contributed by atoms with E-state index in [9.17, 15) is 24.0 Å². The second kappa shape index (κ2) is 15.7. The lowest BCUT2D eigenvalue weighted by Crippen LogP contribution is -2.53. The molecule has 7 heterocycles. The van der Waals surface area contributed by atoms with E-state index in [1.54, 1.807) is 22.6 Å². The van der Waals surface area contributed by atoms with E-state index < -0.39 is 6.04 Å². The molecular formula is C43H50N10O5. The second-order valence-electron chi connectivity index (χ2n) is 16.5. The molecule has 0 spiro atoms. The highest BCUT2D eigenvalue weighted by Gasteiger charge is 2.39. The number of piperidine rings is 2. The van der Waals surface area contributed by atoms with E-state index in [4.69, 9.17) is 9.97 Å². The van der Waals surface area contributed by atoms with Crippen molar-refractivity contribution in [2.45, 2.75) is 96.4 Å². The molecule has 1 atom stereocenters. The van der Waals surface area contributed by atoms with Crippen molar-refractivity contribution in [1.29, 1.82) is 0 Å². The molecule has 1 unspecified atom stereocenters. The lowest BCUT2D eigenvalue weighted by atomic mass is 10.0. The van der Waals surface area contributed by atoms with E-state index in [2.05, 4.69) is 42.5 Å². The molecule has 3 saturated heterocycles. The summed E-state index contributed by atoms with van der Waals surface area (Å²) in [7, 11) is 0. The molecule has 9 rings (SSSR count). The topological polar surface area (TPSA) is 166 Å². The summed E-state index contributed by atoms with van der Waals surface area (Å²) in [6.45, 7) is 10.4. The maximum Gasteiger partial charge on any atom is 0.263 e. The van der Waals surface area contributed by atoms with Gasteiger partial charge in [0.15, 0.2) is 5.78 Å². The molecule has 1 aliphatic carbocycles. The lowest BCUT2D eigenvalue weighted by molar-refractivity contribution is -0.136. The largest absolute Gasteiger partial charge is 0.370 e. The third-order valence-corrected chi connectivity index (χ3v) is 13.0. The monoisotopic (exact) mass is 786 g/mol. The van der Waals surface area contributed by atoms with E-state index in [-0.39, 0.29) is 47.1 Å². The van der Waals surface area contributed by atoms with Crippen molar-refractivity contribution in [1.82, 2.24) is 39.5 Å². The Balaban J connectivity index is 0.770. The Hall–Kier alpha value is -5.54. The average molecular weight is 787 g/mol. The van der Waals surface area contributed by atoms with Gasteiger partial charge >= 0.3 is 0 Å². The second-order valence-corrected chi connectivity index (χ2v) is 16.5. The zero-order valence-corrected chi connectivity index (χ0v) is 33.2. The van der Waals surface area contributed by atoms with Crippen LogP contribution in [0.25, 0.3) is 11.0 Å². The molecule has 4 aliphatic heterocycles. The van der Waals surface area contributed by atoms with E-state index in [0.717, 1.165) is 95.6 Å². The molecule has 1 aromatic carbocycles. The van der Waals surface area contributed by atoms with Gasteiger partial charge in [0, 0.05) is 88.0 Å². The quantitative estimate of drug-likeness (QED) is 0.185. The third kappa shape index (κ3) is 7.25. The maximum atomic E-state index is 13.6. The minimum atomic E-state index is -0.598. The molecule has 58 heavy (non-hydrogen) atoms. The molecule has 3 amide bonds. The number of rotatable bonds is 9. The summed E-state index contributed by atoms with van der Waals surface area (Å²) < 4.78 is 1.72. The number of amides is 3. The zero-order chi connectivity index (χ0) is 40.1. The molecule has 1 saturated carbocycles. The van der Waals surface area contributed by atoms with Crippen molar-refractivity contribution in [2.75, 3.05) is 49.5 Å². The van der Waals surface area contributed by atoms with Crippen molar-refractivity contribution in [3.63, 3.8) is 0 Å². The summed E-state index contributed by atoms with van der Waals surface area (Å²) in [6.07, 6.45) is 10.3. The maximum absolute atomic E-state index is 13.6. The fourth-order valence-corrected chi connectivity index (χ4v) is 9.83. The number of hydrogen-bond acceptors (Lipinski definition) is 12. The first-order chi connectivity index (χ1) is 28.1. The minimum absolute atomic E-state index is 0.0164. The Bertz CT molecular complexity index is 2340. The van der Waals surface area contributed by atoms with Crippen molar-refractivity contribution in [3.8, 4) is 0 Å². The van der Waals surface area contributed by atoms with Gasteiger partial charge in [-0.25, -0.2) is 9.97 Å². The summed E-state index contributed by atoms with van der Waals surface area (Å²) in [5.41, 5.74) is 4.98. The molecule has 302 valence electrons. The number of carbonyl (C=O) groups excluding carboxylic acids is 4. The number of benzene rings is 1. The van der Waals surface area contributed by atoms with Crippen LogP contribution in [0.15, 0.2) is 47.5 Å². The first-order valence-corrected chi connectivity index (χ1v) is 20.7. The Kier molecular flexibility index (Phi) is 10.3. The van der Waals surface area contributed by atoms with Gasteiger partial charge in [-0.1, -0.05) is 25.0 Å². The van der Waals surface area contributed by atoms with Crippen LogP contribution in [0.5, 0.6) is 0 Å². The van der Waals surface area contributed by atoms with Crippen LogP contribution in [0.4, 0.5) is 17.5 Å². The summed E-state index contributed by atoms with van der Waals surface area (Å²) in [6, 6.07) is 10.0. The SMILES string of the molecule is CC(=O)c1c(C)c2cnc(Nc3ccc(N4CCC(N5CCN(Cc6ccc7c(c6)CN(C6CCC(=O)NC6=O)C7=O)CC5)CC4)cn3)nc2n(C2CCCC2)c1=O. The number of pyridine rings is 2. The average Bonchev–Trinajstić information content (AvgIpc) is 3.86. The molecule has 15 heteroatoms. The molecular weight excluding hydrogens is 737 g/mol. The van der Waals surface area contributed by atoms with Gasteiger partial charge in [0.2, 0.25) is 17.8 Å². The number of anilines is 3. The van der Waals surface area contributed by atoms with Crippen LogP contribution in [0, 0.1) is 6.92 Å². The predicted octanol–water partition coefficient (Wildman–Crippen LogP) is 4.10. The number of aryl methyl sites for hydroxylation is 1. The number of Topliss-reactive ketones (excluding diaryl/α,β-unsaturated/α-hetero) is 1. The number of aromatic nitrogens is 4. The summed E-state index contributed by atoms with van der Waals surface area (Å²) in [4.78, 5) is 86.4. The van der Waals surface area contributed by atoms with Crippen molar-refractivity contribution in [2.24, 2.45) is 0 Å². The molecule has 5 aliphatic rings. The Morgan fingerprint density at radius 1 is 0.879 bits per heavy atom. The van der Waals surface area contributed by atoms with Gasteiger partial charge in [0.25, 0.3) is 11.5 Å². The van der Waals surface area contributed by atoms with Crippen LogP contribution in [0.1, 0.15) is 102 Å². The number of nitrogens with one attached hydrogen (secondary N) is 2. The summed E-state index contributed by atoms with van der Waals surface area (Å²) in [5.74, 6) is -0.0599. The third-order valence-electron chi connectivity index (χ3n) is 13.0. The normalized spacial score (nSPS) is 21.2. The number of ketones is 1. The molecule has 0 bridgehead atoms. The van der Waals surface area contributed by atoms with Gasteiger partial charge in [-0.2, -0.15) is 4.98 Å². The van der Waals surface area contributed by atoms with E-state index in [1.165, 1.54) is 12.5 Å². The van der Waals surface area contributed by atoms with Crippen LogP contribution < -0.4 is 21.1 Å². The summed E-state index contributed by atoms with van der Waals surface area (Å²) >= 11 is 0. The number of piperazine rings is 1. The Labute approximate surface area is 336 Å². The Morgan fingerprint density at radius 3 is 2.36 bits per heavy atom. The number of hydrogen-bond donors (Lipinski definition) is 2. The minimum Gasteiger partial charge on any atom is -0.370 e. The number of nitrogens with zero attached hydrogens (tertiary/aromatic N) is 8. The highest BCUT2D eigenvalue weighted by molar-refractivity contribution is 6.05. The van der Waals surface area contributed by atoms with Crippen LogP contribution >= 0.6 is 0 Å². The van der Waals surface area contributed by atoms with E-state index in [1.807, 2.05) is 24.4 Å². The molecule has 3 aromatic heterocycles. The van der Waals surface area contributed by atoms with E-state index >= 15 is 0 Å². The lowest BCUT2D eigenvalue weighted by Gasteiger charge is -2.43. The van der Waals surface area contributed by atoms with Gasteiger partial charge in [0.05, 0.1) is 17.4 Å². The molecule has 4 aromatic rings. The van der Waals surface area contributed by atoms with Crippen LogP contribution in [-0.4, -0.2) is 109 Å². The van der Waals surface area contributed by atoms with Crippen molar-refractivity contribution >= 4 is 52.0 Å². The van der Waals surface area contributed by atoms with Crippen molar-refractivity contribution < 1.29 is 19.2 Å². The molecule has 15 nitrogen and oxygen atoms in total. The number of imide groups is 1. The predicted molar refractivity (Wildman–Crippen MR) is 218 cm³/mol. The molecule has 2 N–H and O–H groups in total. The van der Waals surface area contributed by atoms with Crippen LogP contribution in [0.3, 0.4) is 0 Å². The standard InChI is InChI=1S/C43H50N10O5/c1-26-34-23-45-43(48-39(34)53(31-5-3-4-6-31)42(58)38(26)27(2)54)46-36-11-8-32(22-44-36)50-15-13-30(14-16-50)51-19-17-49(18-20-51)24-28-7-9-33-29(21-28)25-52(41(33)57)35-10-12-37(55)47-40(35)56/h7-9,11,21-23,30-31,35H,3-6,10,12-20,24-25H2,1-2H3,(H,47,55,56)(H,44,45,46,48). The highest BCUT2D eigenvalue weighted by Crippen LogP contribution is 2.33. The fourth-order valence-electron chi connectivity index (χ4n) is 9.83. The first-order valence-electron chi connectivity index (χ1n) is 20.7.